The van der Waals surface area contributed by atoms with Gasteiger partial charge in [-0.15, -0.1) is 0 Å². The van der Waals surface area contributed by atoms with E-state index in [1.54, 1.807) is 18.3 Å². The normalized spacial score (nSPS) is 17.6. The van der Waals surface area contributed by atoms with Gasteiger partial charge in [0.1, 0.15) is 6.17 Å². The summed E-state index contributed by atoms with van der Waals surface area (Å²) >= 11 is 0. The third-order valence-corrected chi connectivity index (χ3v) is 2.91. The van der Waals surface area contributed by atoms with E-state index in [0.29, 0.717) is 12.2 Å². The Kier molecular flexibility index (Phi) is 3.46. The summed E-state index contributed by atoms with van der Waals surface area (Å²) in [6, 6.07) is 4.15. The van der Waals surface area contributed by atoms with Crippen LogP contribution in [0, 0.1) is 0 Å². The summed E-state index contributed by atoms with van der Waals surface area (Å²) in [7, 11) is 3.07. The Bertz CT molecular complexity index is 518. The Morgan fingerprint density at radius 1 is 1.47 bits per heavy atom. The summed E-state index contributed by atoms with van der Waals surface area (Å²) in [4.78, 5) is 19.1. The van der Waals surface area contributed by atoms with Crippen molar-refractivity contribution in [2.24, 2.45) is 4.99 Å². The Hall–Kier alpha value is -2.44. The quantitative estimate of drug-likeness (QED) is 0.778. The molecule has 19 heavy (non-hydrogen) atoms. The van der Waals surface area contributed by atoms with E-state index < -0.39 is 6.09 Å². The van der Waals surface area contributed by atoms with Gasteiger partial charge in [0.2, 0.25) is 0 Å². The van der Waals surface area contributed by atoms with Gasteiger partial charge in [-0.25, -0.2) is 4.79 Å². The molecule has 2 N–H and O–H groups in total. The smallest absolute Gasteiger partial charge is 0.415 e. The molecular weight excluding hydrogens is 250 g/mol. The highest BCUT2D eigenvalue weighted by atomic mass is 16.5. The Balaban J connectivity index is 2.37. The van der Waals surface area contributed by atoms with Gasteiger partial charge in [0.25, 0.3) is 0 Å². The van der Waals surface area contributed by atoms with Gasteiger partial charge in [-0.05, 0) is 12.1 Å². The van der Waals surface area contributed by atoms with E-state index in [4.69, 9.17) is 4.74 Å². The van der Waals surface area contributed by atoms with Crippen LogP contribution >= 0.6 is 0 Å². The van der Waals surface area contributed by atoms with Crippen LogP contribution in [0.5, 0.6) is 11.5 Å². The van der Waals surface area contributed by atoms with Crippen LogP contribution < -0.4 is 4.90 Å². The average molecular weight is 265 g/mol. The molecule has 0 fully saturated rings. The lowest BCUT2D eigenvalue weighted by Gasteiger charge is -2.31. The molecule has 0 radical (unpaired) electrons. The van der Waals surface area contributed by atoms with Crippen molar-refractivity contribution in [3.8, 4) is 11.5 Å². The number of rotatable bonds is 2. The molecule has 0 saturated carbocycles. The Morgan fingerprint density at radius 2 is 2.21 bits per heavy atom. The van der Waals surface area contributed by atoms with Crippen LogP contribution in [0.4, 0.5) is 10.5 Å². The lowest BCUT2D eigenvalue weighted by atomic mass is 10.2. The Labute approximate surface area is 110 Å². The molecule has 0 saturated heterocycles. The van der Waals surface area contributed by atoms with Gasteiger partial charge in [0.15, 0.2) is 11.5 Å². The molecule has 7 nitrogen and oxygen atoms in total. The molecule has 2 rings (SSSR count). The van der Waals surface area contributed by atoms with E-state index in [-0.39, 0.29) is 17.7 Å². The first-order valence-corrected chi connectivity index (χ1v) is 5.65. The van der Waals surface area contributed by atoms with Crippen molar-refractivity contribution in [1.29, 1.82) is 0 Å². The molecule has 0 bridgehead atoms. The molecule has 1 atom stereocenters. The number of carbonyl (C=O) groups is 1. The first-order valence-electron chi connectivity index (χ1n) is 5.65. The van der Waals surface area contributed by atoms with Crippen molar-refractivity contribution < 1.29 is 19.7 Å². The van der Waals surface area contributed by atoms with Crippen LogP contribution in [0.2, 0.25) is 0 Å². The summed E-state index contributed by atoms with van der Waals surface area (Å²) in [6.45, 7) is 0.410. The molecule has 102 valence electrons. The predicted molar refractivity (Wildman–Crippen MR) is 69.6 cm³/mol. The van der Waals surface area contributed by atoms with E-state index in [0.717, 1.165) is 0 Å². The maximum Gasteiger partial charge on any atom is 0.415 e. The van der Waals surface area contributed by atoms with Crippen molar-refractivity contribution >= 4 is 18.1 Å². The summed E-state index contributed by atoms with van der Waals surface area (Å²) in [5.74, 6) is -0.544. The standard InChI is InChI=1S/C12H15N3O4/c1-14-7-13-6-11(14)15(12(18)19-2)8-3-4-9(16)10(17)5-8/h3-5,7,11,16-17H,6H2,1-2H3. The van der Waals surface area contributed by atoms with E-state index >= 15 is 0 Å². The molecule has 1 aliphatic rings. The SMILES string of the molecule is COC(=O)N(c1ccc(O)c(O)c1)C1CN=CN1C. The van der Waals surface area contributed by atoms with Gasteiger partial charge in [-0.3, -0.25) is 9.89 Å². The number of amides is 1. The highest BCUT2D eigenvalue weighted by Crippen LogP contribution is 2.31. The summed E-state index contributed by atoms with van der Waals surface area (Å²) < 4.78 is 4.76. The fourth-order valence-corrected chi connectivity index (χ4v) is 1.90. The average Bonchev–Trinajstić information content (AvgIpc) is 2.80. The predicted octanol–water partition coefficient (Wildman–Crippen LogP) is 0.970. The van der Waals surface area contributed by atoms with Crippen LogP contribution in [0.3, 0.4) is 0 Å². The molecule has 1 unspecified atom stereocenters. The van der Waals surface area contributed by atoms with E-state index in [1.807, 2.05) is 0 Å². The van der Waals surface area contributed by atoms with E-state index in [2.05, 4.69) is 4.99 Å². The minimum absolute atomic E-state index is 0.246. The number of aromatic hydroxyl groups is 2. The number of likely N-dealkylation sites (N-methyl/N-ethyl adjacent to an activating group) is 1. The van der Waals surface area contributed by atoms with Gasteiger partial charge in [-0.1, -0.05) is 0 Å². The second-order valence-electron chi connectivity index (χ2n) is 4.14. The van der Waals surface area contributed by atoms with Crippen LogP contribution in [-0.4, -0.2) is 54.4 Å². The number of carbonyl (C=O) groups excluding carboxylic acids is 1. The second-order valence-corrected chi connectivity index (χ2v) is 4.14. The fraction of sp³-hybridized carbons (Fsp3) is 0.333. The molecule has 1 amide bonds. The van der Waals surface area contributed by atoms with Crippen LogP contribution in [0.1, 0.15) is 0 Å². The van der Waals surface area contributed by atoms with E-state index in [9.17, 15) is 15.0 Å². The lowest BCUT2D eigenvalue weighted by Crippen LogP contribution is -2.48. The van der Waals surface area contributed by atoms with Crippen molar-refractivity contribution in [2.75, 3.05) is 25.6 Å². The summed E-state index contributed by atoms with van der Waals surface area (Å²) in [6.07, 6.45) is 0.741. The van der Waals surface area contributed by atoms with Crippen molar-refractivity contribution in [3.05, 3.63) is 18.2 Å². The zero-order valence-corrected chi connectivity index (χ0v) is 10.6. The number of ether oxygens (including phenoxy) is 1. The van der Waals surface area contributed by atoms with Gasteiger partial charge < -0.3 is 19.8 Å². The first-order chi connectivity index (χ1) is 9.04. The zero-order chi connectivity index (χ0) is 14.0. The highest BCUT2D eigenvalue weighted by Gasteiger charge is 2.31. The van der Waals surface area contributed by atoms with Crippen LogP contribution in [-0.2, 0) is 4.74 Å². The minimum atomic E-state index is -0.563. The molecule has 0 aliphatic carbocycles. The van der Waals surface area contributed by atoms with Gasteiger partial charge >= 0.3 is 6.09 Å². The van der Waals surface area contributed by atoms with Crippen molar-refractivity contribution in [1.82, 2.24) is 4.90 Å². The number of hydrogen-bond acceptors (Lipinski definition) is 6. The van der Waals surface area contributed by atoms with Crippen LogP contribution in [0.25, 0.3) is 0 Å². The molecule has 1 heterocycles. The third kappa shape index (κ3) is 2.40. The number of phenols is 2. The van der Waals surface area contributed by atoms with Crippen molar-refractivity contribution in [3.63, 3.8) is 0 Å². The first kappa shape index (κ1) is 13.0. The number of hydrogen-bond donors (Lipinski definition) is 2. The van der Waals surface area contributed by atoms with Gasteiger partial charge in [0, 0.05) is 13.1 Å². The molecule has 1 aromatic rings. The fourth-order valence-electron chi connectivity index (χ4n) is 1.90. The molecule has 7 heteroatoms. The number of anilines is 1. The number of phenolic OH excluding ortho intramolecular Hbond substituents is 2. The van der Waals surface area contributed by atoms with Crippen LogP contribution in [0.15, 0.2) is 23.2 Å². The monoisotopic (exact) mass is 265 g/mol. The molecule has 0 aromatic heterocycles. The van der Waals surface area contributed by atoms with E-state index in [1.165, 1.54) is 30.2 Å². The van der Waals surface area contributed by atoms with Crippen molar-refractivity contribution in [2.45, 2.75) is 6.17 Å². The topological polar surface area (TPSA) is 85.6 Å². The number of benzene rings is 1. The summed E-state index contributed by atoms with van der Waals surface area (Å²) in [5, 5.41) is 18.9. The largest absolute Gasteiger partial charge is 0.504 e. The molecule has 1 aliphatic heterocycles. The number of methoxy groups -OCH3 is 1. The molecular formula is C12H15N3O4. The number of nitrogens with zero attached hydrogens (tertiary/aromatic N) is 3. The minimum Gasteiger partial charge on any atom is -0.504 e. The molecule has 1 aromatic carbocycles. The lowest BCUT2D eigenvalue weighted by molar-refractivity contribution is 0.171. The summed E-state index contributed by atoms with van der Waals surface area (Å²) in [5.41, 5.74) is 0.421. The third-order valence-electron chi connectivity index (χ3n) is 2.91. The second kappa shape index (κ2) is 5.05. The number of aliphatic imine (C=N–C) groups is 1. The maximum absolute atomic E-state index is 11.9. The Morgan fingerprint density at radius 3 is 2.74 bits per heavy atom. The maximum atomic E-state index is 11.9. The molecule has 0 spiro atoms. The highest BCUT2D eigenvalue weighted by molar-refractivity contribution is 5.89. The van der Waals surface area contributed by atoms with Gasteiger partial charge in [-0.2, -0.15) is 0 Å². The van der Waals surface area contributed by atoms with Gasteiger partial charge in [0.05, 0.1) is 25.7 Å². The zero-order valence-electron chi connectivity index (χ0n) is 10.6.